The smallest absolute Gasteiger partial charge is 0.257 e. The first-order chi connectivity index (χ1) is 12.8. The average Bonchev–Trinajstić information content (AvgIpc) is 3.24. The Morgan fingerprint density at radius 2 is 1.89 bits per heavy atom. The molecule has 0 fully saturated rings. The molecule has 1 aliphatic heterocycles. The number of fused-ring (bicyclic) bond motifs is 1. The summed E-state index contributed by atoms with van der Waals surface area (Å²) in [6.45, 7) is 4.64. The number of H-pyrrole nitrogens is 1. The molecule has 2 aromatic rings. The molecular weight excluding hydrogens is 368 g/mol. The Morgan fingerprint density at radius 1 is 1.19 bits per heavy atom. The molecule has 0 bridgehead atoms. The number of hydrogen-bond acceptors (Lipinski definition) is 4. The molecule has 0 atom stereocenters. The van der Waals surface area contributed by atoms with Crippen molar-refractivity contribution in [2.45, 2.75) is 18.7 Å². The van der Waals surface area contributed by atoms with E-state index in [0.29, 0.717) is 30.0 Å². The second kappa shape index (κ2) is 7.01. The number of nitrogens with two attached hydrogens (primary N) is 1. The molecule has 0 spiro atoms. The van der Waals surface area contributed by atoms with Crippen molar-refractivity contribution in [2.75, 3.05) is 18.4 Å². The van der Waals surface area contributed by atoms with Crippen molar-refractivity contribution in [3.05, 3.63) is 47.8 Å². The highest BCUT2D eigenvalue weighted by atomic mass is 32.2. The van der Waals surface area contributed by atoms with E-state index in [9.17, 15) is 18.0 Å². The van der Waals surface area contributed by atoms with Crippen LogP contribution in [0.4, 0.5) is 5.69 Å². The van der Waals surface area contributed by atoms with E-state index in [0.717, 1.165) is 0 Å². The lowest BCUT2D eigenvalue weighted by molar-refractivity contribution is -0.124. The van der Waals surface area contributed by atoms with Gasteiger partial charge >= 0.3 is 0 Å². The first-order valence-electron chi connectivity index (χ1n) is 8.43. The largest absolute Gasteiger partial charge is 0.361 e. The number of hydrogen-bond donors (Lipinski definition) is 3. The molecule has 2 heterocycles. The first-order valence-corrected chi connectivity index (χ1v) is 9.98. The Labute approximate surface area is 157 Å². The van der Waals surface area contributed by atoms with Gasteiger partial charge in [0.25, 0.3) is 11.8 Å². The molecule has 1 aliphatic rings. The van der Waals surface area contributed by atoms with Crippen molar-refractivity contribution in [3.8, 4) is 0 Å². The van der Waals surface area contributed by atoms with E-state index in [-0.39, 0.29) is 21.9 Å². The summed E-state index contributed by atoms with van der Waals surface area (Å²) in [6.07, 6.45) is 1.65. The van der Waals surface area contributed by atoms with Gasteiger partial charge in [0.2, 0.25) is 10.0 Å². The summed E-state index contributed by atoms with van der Waals surface area (Å²) < 4.78 is 23.5. The normalized spacial score (nSPS) is 15.3. The van der Waals surface area contributed by atoms with Crippen LogP contribution in [0, 0.1) is 0 Å². The van der Waals surface area contributed by atoms with Crippen LogP contribution < -0.4 is 10.5 Å². The average molecular weight is 388 g/mol. The number of carbonyl (C=O) groups excluding carboxylic acids is 2. The van der Waals surface area contributed by atoms with Gasteiger partial charge in [-0.3, -0.25) is 9.59 Å². The van der Waals surface area contributed by atoms with E-state index >= 15 is 0 Å². The zero-order chi connectivity index (χ0) is 19.8. The number of amides is 2. The number of aromatic amines is 1. The monoisotopic (exact) mass is 388 g/mol. The zero-order valence-corrected chi connectivity index (χ0v) is 15.8. The molecule has 0 saturated heterocycles. The fraction of sp³-hybridized carbons (Fsp3) is 0.222. The molecule has 2 amide bonds. The van der Waals surface area contributed by atoms with E-state index < -0.39 is 15.9 Å². The van der Waals surface area contributed by atoms with Gasteiger partial charge in [0.1, 0.15) is 0 Å². The summed E-state index contributed by atoms with van der Waals surface area (Å²) in [5, 5.41) is 7.90. The van der Waals surface area contributed by atoms with Gasteiger partial charge in [-0.1, -0.05) is 0 Å². The fourth-order valence-corrected chi connectivity index (χ4v) is 3.62. The molecule has 27 heavy (non-hydrogen) atoms. The lowest BCUT2D eigenvalue weighted by Gasteiger charge is -2.21. The van der Waals surface area contributed by atoms with Crippen molar-refractivity contribution in [2.24, 2.45) is 5.14 Å². The quantitative estimate of drug-likeness (QED) is 0.669. The van der Waals surface area contributed by atoms with Gasteiger partial charge in [-0.05, 0) is 44.2 Å². The number of aromatic nitrogens is 1. The van der Waals surface area contributed by atoms with Crippen molar-refractivity contribution in [3.63, 3.8) is 0 Å². The van der Waals surface area contributed by atoms with E-state index in [1.54, 1.807) is 23.2 Å². The topological polar surface area (TPSA) is 125 Å². The molecule has 0 radical (unpaired) electrons. The minimum absolute atomic E-state index is 0.120. The maximum atomic E-state index is 13.2. The summed E-state index contributed by atoms with van der Waals surface area (Å²) >= 11 is 0. The van der Waals surface area contributed by atoms with Crippen LogP contribution >= 0.6 is 0 Å². The molecule has 3 rings (SSSR count). The van der Waals surface area contributed by atoms with E-state index in [2.05, 4.69) is 10.3 Å². The van der Waals surface area contributed by atoms with Crippen LogP contribution in [0.2, 0.25) is 0 Å². The fourth-order valence-electron chi connectivity index (χ4n) is 3.08. The number of benzene rings is 1. The van der Waals surface area contributed by atoms with Crippen LogP contribution in [0.25, 0.3) is 11.1 Å². The predicted octanol–water partition coefficient (Wildman–Crippen LogP) is 1.39. The number of nitrogens with zero attached hydrogens (tertiary/aromatic N) is 1. The summed E-state index contributed by atoms with van der Waals surface area (Å²) in [5.41, 5.74) is 1.54. The van der Waals surface area contributed by atoms with Crippen molar-refractivity contribution < 1.29 is 18.0 Å². The van der Waals surface area contributed by atoms with Crippen molar-refractivity contribution >= 4 is 38.7 Å². The van der Waals surface area contributed by atoms with E-state index in [1.165, 1.54) is 18.2 Å². The Hall–Kier alpha value is -2.91. The third-order valence-corrected chi connectivity index (χ3v) is 5.36. The summed E-state index contributed by atoms with van der Waals surface area (Å²) in [5.74, 6) is -0.789. The molecular formula is C18H20N4O4S. The lowest BCUT2D eigenvalue weighted by Crippen LogP contribution is -2.32. The van der Waals surface area contributed by atoms with Crippen LogP contribution in [0.15, 0.2) is 41.4 Å². The Balaban J connectivity index is 2.30. The third kappa shape index (κ3) is 3.38. The number of likely N-dealkylation sites (N-methyl/N-ethyl adjacent to an activating group) is 1. The molecule has 0 aliphatic carbocycles. The molecule has 1 aromatic carbocycles. The molecule has 0 saturated carbocycles. The van der Waals surface area contributed by atoms with Gasteiger partial charge in [0.15, 0.2) is 0 Å². The summed E-state index contributed by atoms with van der Waals surface area (Å²) in [4.78, 5) is 30.3. The molecule has 8 nitrogen and oxygen atoms in total. The maximum absolute atomic E-state index is 13.2. The first kappa shape index (κ1) is 18.9. The second-order valence-electron chi connectivity index (χ2n) is 6.02. The van der Waals surface area contributed by atoms with Crippen LogP contribution in [0.1, 0.15) is 25.1 Å². The number of primary sulfonamides is 1. The molecule has 9 heteroatoms. The predicted molar refractivity (Wildman–Crippen MR) is 102 cm³/mol. The number of carbonyl (C=O) groups is 2. The van der Waals surface area contributed by atoms with Crippen molar-refractivity contribution in [1.82, 2.24) is 9.88 Å². The van der Waals surface area contributed by atoms with Crippen LogP contribution in [-0.2, 0) is 19.6 Å². The Bertz CT molecular complexity index is 1040. The molecule has 142 valence electrons. The summed E-state index contributed by atoms with van der Waals surface area (Å²) in [7, 11) is -3.96. The maximum Gasteiger partial charge on any atom is 0.257 e. The van der Waals surface area contributed by atoms with Crippen molar-refractivity contribution in [1.29, 1.82) is 0 Å². The highest BCUT2D eigenvalue weighted by Gasteiger charge is 2.33. The second-order valence-corrected chi connectivity index (χ2v) is 7.58. The highest BCUT2D eigenvalue weighted by Crippen LogP contribution is 2.38. The van der Waals surface area contributed by atoms with Gasteiger partial charge in [0.05, 0.1) is 21.7 Å². The highest BCUT2D eigenvalue weighted by molar-refractivity contribution is 7.89. The van der Waals surface area contributed by atoms with Crippen LogP contribution in [0.5, 0.6) is 0 Å². The van der Waals surface area contributed by atoms with Crippen LogP contribution in [0.3, 0.4) is 0 Å². The van der Waals surface area contributed by atoms with Gasteiger partial charge in [0, 0.05) is 30.5 Å². The lowest BCUT2D eigenvalue weighted by atomic mass is 9.97. The molecule has 0 unspecified atom stereocenters. The minimum atomic E-state index is -3.96. The number of nitrogens with one attached hydrogen (secondary N) is 2. The number of rotatable bonds is 5. The zero-order valence-electron chi connectivity index (χ0n) is 14.9. The van der Waals surface area contributed by atoms with Gasteiger partial charge in [-0.2, -0.15) is 0 Å². The van der Waals surface area contributed by atoms with Crippen LogP contribution in [-0.4, -0.2) is 43.2 Å². The summed E-state index contributed by atoms with van der Waals surface area (Å²) in [6, 6.07) is 7.51. The third-order valence-electron chi connectivity index (χ3n) is 4.45. The molecule has 4 N–H and O–H groups in total. The number of anilines is 1. The SMILES string of the molecule is CCN(CC)C(=O)C(=C1C(=O)Nc2ccc(S(N)(=O)=O)cc21)c1ccc[nH]1. The van der Waals surface area contributed by atoms with Gasteiger partial charge < -0.3 is 15.2 Å². The van der Waals surface area contributed by atoms with Gasteiger partial charge in [-0.15, -0.1) is 0 Å². The molecule has 1 aromatic heterocycles. The minimum Gasteiger partial charge on any atom is -0.361 e. The van der Waals surface area contributed by atoms with E-state index in [1.807, 2.05) is 13.8 Å². The number of sulfonamides is 1. The van der Waals surface area contributed by atoms with Gasteiger partial charge in [-0.25, -0.2) is 13.6 Å². The Morgan fingerprint density at radius 3 is 2.44 bits per heavy atom. The Kier molecular flexibility index (Phi) is 4.90. The standard InChI is InChI=1S/C18H20N4O4S/c1-3-22(4-2)18(24)16(14-6-5-9-20-14)15-12-10-11(27(19,25)26)7-8-13(12)21-17(15)23/h5-10,20H,3-4H2,1-2H3,(H,21,23)(H2,19,25,26). The van der Waals surface area contributed by atoms with E-state index in [4.69, 9.17) is 5.14 Å².